The van der Waals surface area contributed by atoms with E-state index in [4.69, 9.17) is 22.1 Å². The lowest BCUT2D eigenvalue weighted by Gasteiger charge is -2.10. The Bertz CT molecular complexity index is 434. The largest absolute Gasteiger partial charge is 0.461 e. The van der Waals surface area contributed by atoms with Gasteiger partial charge in [-0.1, -0.05) is 0 Å². The van der Waals surface area contributed by atoms with Crippen molar-refractivity contribution in [2.24, 2.45) is 5.73 Å². The minimum atomic E-state index is -0.517. The molecule has 17 heavy (non-hydrogen) atoms. The highest BCUT2D eigenvalue weighted by Crippen LogP contribution is 2.17. The third-order valence-corrected chi connectivity index (χ3v) is 2.49. The van der Waals surface area contributed by atoms with Crippen molar-refractivity contribution < 1.29 is 14.3 Å². The molecule has 4 nitrogen and oxygen atoms in total. The van der Waals surface area contributed by atoms with E-state index >= 15 is 0 Å². The number of carbonyl (C=O) groups is 2. The Balaban J connectivity index is 3.09. The van der Waals surface area contributed by atoms with E-state index in [1.807, 2.05) is 0 Å². The quantitative estimate of drug-likeness (QED) is 0.659. The van der Waals surface area contributed by atoms with Crippen molar-refractivity contribution in [1.29, 1.82) is 0 Å². The standard InChI is InChI=1S/C12H14ClNO3/c1-7-5-9(11(14)15)6-8(2)10(7)12(16)17-4-3-13/h5-6H,3-4H2,1-2H3,(H2,14,15). The Labute approximate surface area is 105 Å². The number of hydrogen-bond acceptors (Lipinski definition) is 3. The fraction of sp³-hybridized carbons (Fsp3) is 0.333. The van der Waals surface area contributed by atoms with Gasteiger partial charge in [0.25, 0.3) is 0 Å². The SMILES string of the molecule is Cc1cc(C(N)=O)cc(C)c1C(=O)OCCCl. The molecule has 0 aliphatic heterocycles. The minimum absolute atomic E-state index is 0.164. The Morgan fingerprint density at radius 3 is 2.24 bits per heavy atom. The number of amides is 1. The zero-order valence-electron chi connectivity index (χ0n) is 9.75. The first-order chi connectivity index (χ1) is 7.97. The molecule has 0 aromatic heterocycles. The van der Waals surface area contributed by atoms with Crippen LogP contribution in [0.3, 0.4) is 0 Å². The first kappa shape index (κ1) is 13.5. The number of carbonyl (C=O) groups excluding carboxylic acids is 2. The molecule has 1 aromatic carbocycles. The van der Waals surface area contributed by atoms with Crippen LogP contribution in [0.25, 0.3) is 0 Å². The van der Waals surface area contributed by atoms with Gasteiger partial charge in [-0.05, 0) is 37.1 Å². The molecule has 0 bridgehead atoms. The Morgan fingerprint density at radius 2 is 1.82 bits per heavy atom. The molecule has 0 atom stereocenters. The smallest absolute Gasteiger partial charge is 0.338 e. The number of primary amides is 1. The van der Waals surface area contributed by atoms with Crippen LogP contribution in [0, 0.1) is 13.8 Å². The van der Waals surface area contributed by atoms with Gasteiger partial charge in [-0.15, -0.1) is 11.6 Å². The molecule has 0 saturated carbocycles. The summed E-state index contributed by atoms with van der Waals surface area (Å²) in [7, 11) is 0. The second-order valence-electron chi connectivity index (χ2n) is 3.67. The molecule has 0 aliphatic carbocycles. The zero-order chi connectivity index (χ0) is 13.0. The lowest BCUT2D eigenvalue weighted by Crippen LogP contribution is -2.15. The monoisotopic (exact) mass is 255 g/mol. The average Bonchev–Trinajstić information content (AvgIpc) is 2.25. The summed E-state index contributed by atoms with van der Waals surface area (Å²) < 4.78 is 4.95. The van der Waals surface area contributed by atoms with Gasteiger partial charge in [-0.25, -0.2) is 4.79 Å². The minimum Gasteiger partial charge on any atom is -0.461 e. The van der Waals surface area contributed by atoms with Gasteiger partial charge >= 0.3 is 5.97 Å². The fourth-order valence-corrected chi connectivity index (χ4v) is 1.71. The summed E-state index contributed by atoms with van der Waals surface area (Å²) in [4.78, 5) is 22.8. The molecule has 0 radical (unpaired) electrons. The second kappa shape index (κ2) is 5.68. The maximum absolute atomic E-state index is 11.7. The van der Waals surface area contributed by atoms with Gasteiger partial charge in [0.05, 0.1) is 11.4 Å². The van der Waals surface area contributed by atoms with Crippen molar-refractivity contribution in [2.75, 3.05) is 12.5 Å². The molecule has 5 heteroatoms. The lowest BCUT2D eigenvalue weighted by molar-refractivity contribution is 0.0527. The predicted octanol–water partition coefficient (Wildman–Crippen LogP) is 1.80. The van der Waals surface area contributed by atoms with E-state index in [0.29, 0.717) is 22.3 Å². The Morgan fingerprint density at radius 1 is 1.29 bits per heavy atom. The molecule has 2 N–H and O–H groups in total. The second-order valence-corrected chi connectivity index (χ2v) is 4.05. The van der Waals surface area contributed by atoms with E-state index in [0.717, 1.165) is 0 Å². The zero-order valence-corrected chi connectivity index (χ0v) is 10.5. The number of alkyl halides is 1. The highest BCUT2D eigenvalue weighted by Gasteiger charge is 2.15. The molecular weight excluding hydrogens is 242 g/mol. The van der Waals surface area contributed by atoms with Crippen molar-refractivity contribution in [3.8, 4) is 0 Å². The first-order valence-corrected chi connectivity index (χ1v) is 5.65. The normalized spacial score (nSPS) is 10.1. The number of halogens is 1. The topological polar surface area (TPSA) is 69.4 Å². The summed E-state index contributed by atoms with van der Waals surface area (Å²) in [5, 5.41) is 0. The van der Waals surface area contributed by atoms with Gasteiger partial charge in [-0.3, -0.25) is 4.79 Å². The van der Waals surface area contributed by atoms with Gasteiger partial charge < -0.3 is 10.5 Å². The number of aryl methyl sites for hydroxylation is 2. The van der Waals surface area contributed by atoms with Gasteiger partial charge in [0.15, 0.2) is 0 Å². The molecule has 92 valence electrons. The van der Waals surface area contributed by atoms with Crippen LogP contribution < -0.4 is 5.73 Å². The van der Waals surface area contributed by atoms with Crippen LogP contribution in [0.4, 0.5) is 0 Å². The fourth-order valence-electron chi connectivity index (χ4n) is 1.63. The molecule has 0 fully saturated rings. The van der Waals surface area contributed by atoms with Crippen molar-refractivity contribution in [3.05, 3.63) is 34.4 Å². The number of esters is 1. The van der Waals surface area contributed by atoms with Crippen LogP contribution in [-0.4, -0.2) is 24.4 Å². The average molecular weight is 256 g/mol. The maximum atomic E-state index is 11.7. The molecule has 0 heterocycles. The van der Waals surface area contributed by atoms with Gasteiger partial charge in [0.1, 0.15) is 6.61 Å². The van der Waals surface area contributed by atoms with E-state index in [9.17, 15) is 9.59 Å². The van der Waals surface area contributed by atoms with E-state index < -0.39 is 11.9 Å². The van der Waals surface area contributed by atoms with E-state index in [-0.39, 0.29) is 12.5 Å². The summed E-state index contributed by atoms with van der Waals surface area (Å²) in [5.74, 6) is -0.697. The molecule has 1 aromatic rings. The predicted molar refractivity (Wildman–Crippen MR) is 65.4 cm³/mol. The molecule has 1 rings (SSSR count). The van der Waals surface area contributed by atoms with Gasteiger partial charge in [-0.2, -0.15) is 0 Å². The Hall–Kier alpha value is -1.55. The maximum Gasteiger partial charge on any atom is 0.338 e. The van der Waals surface area contributed by atoms with Crippen molar-refractivity contribution >= 4 is 23.5 Å². The number of benzene rings is 1. The van der Waals surface area contributed by atoms with Crippen LogP contribution in [0.5, 0.6) is 0 Å². The summed E-state index contributed by atoms with van der Waals surface area (Å²) in [6, 6.07) is 3.15. The van der Waals surface area contributed by atoms with Crippen LogP contribution in [0.1, 0.15) is 31.8 Å². The van der Waals surface area contributed by atoms with Crippen LogP contribution in [0.15, 0.2) is 12.1 Å². The molecule has 1 amide bonds. The van der Waals surface area contributed by atoms with Gasteiger partial charge in [0.2, 0.25) is 5.91 Å². The highest BCUT2D eigenvalue weighted by atomic mass is 35.5. The number of rotatable bonds is 4. The molecule has 0 saturated heterocycles. The van der Waals surface area contributed by atoms with Gasteiger partial charge in [0, 0.05) is 5.56 Å². The summed E-state index contributed by atoms with van der Waals surface area (Å²) in [5.41, 5.74) is 7.36. The van der Waals surface area contributed by atoms with E-state index in [2.05, 4.69) is 0 Å². The van der Waals surface area contributed by atoms with Crippen LogP contribution in [0.2, 0.25) is 0 Å². The third-order valence-electron chi connectivity index (χ3n) is 2.33. The first-order valence-electron chi connectivity index (χ1n) is 5.11. The summed E-state index contributed by atoms with van der Waals surface area (Å²) in [6.07, 6.45) is 0. The summed E-state index contributed by atoms with van der Waals surface area (Å²) in [6.45, 7) is 3.63. The Kier molecular flexibility index (Phi) is 4.52. The number of hydrogen-bond donors (Lipinski definition) is 1. The van der Waals surface area contributed by atoms with E-state index in [1.54, 1.807) is 26.0 Å². The van der Waals surface area contributed by atoms with Crippen molar-refractivity contribution in [2.45, 2.75) is 13.8 Å². The van der Waals surface area contributed by atoms with Crippen molar-refractivity contribution in [3.63, 3.8) is 0 Å². The van der Waals surface area contributed by atoms with Crippen LogP contribution >= 0.6 is 11.6 Å². The molecule has 0 spiro atoms. The highest BCUT2D eigenvalue weighted by molar-refractivity contribution is 6.18. The number of ether oxygens (including phenoxy) is 1. The summed E-state index contributed by atoms with van der Waals surface area (Å²) >= 11 is 5.44. The van der Waals surface area contributed by atoms with Crippen LogP contribution in [-0.2, 0) is 4.74 Å². The molecular formula is C12H14ClNO3. The molecule has 0 unspecified atom stereocenters. The van der Waals surface area contributed by atoms with Crippen molar-refractivity contribution in [1.82, 2.24) is 0 Å². The molecule has 0 aliphatic rings. The number of nitrogens with two attached hydrogens (primary N) is 1. The van der Waals surface area contributed by atoms with E-state index in [1.165, 1.54) is 0 Å². The third kappa shape index (κ3) is 3.20. The lowest BCUT2D eigenvalue weighted by atomic mass is 9.99.